The van der Waals surface area contributed by atoms with Crippen molar-refractivity contribution in [2.24, 2.45) is 0 Å². The molecule has 0 bridgehead atoms. The SMILES string of the molecule is CCn1ncc(C)c1NC(=O)CNC(=O)c1ccccc1. The van der Waals surface area contributed by atoms with Gasteiger partial charge < -0.3 is 10.6 Å². The molecular formula is C15H18N4O2. The first-order valence-electron chi connectivity index (χ1n) is 6.77. The molecule has 0 spiro atoms. The molecule has 2 amide bonds. The lowest BCUT2D eigenvalue weighted by Gasteiger charge is -2.09. The van der Waals surface area contributed by atoms with E-state index in [2.05, 4.69) is 15.7 Å². The molecule has 110 valence electrons. The minimum atomic E-state index is -0.280. The van der Waals surface area contributed by atoms with Gasteiger partial charge in [0.1, 0.15) is 5.82 Å². The third-order valence-electron chi connectivity index (χ3n) is 3.03. The van der Waals surface area contributed by atoms with Crippen LogP contribution >= 0.6 is 0 Å². The molecular weight excluding hydrogens is 268 g/mol. The number of nitrogens with zero attached hydrogens (tertiary/aromatic N) is 2. The lowest BCUT2D eigenvalue weighted by atomic mass is 10.2. The number of aryl methyl sites for hydroxylation is 2. The highest BCUT2D eigenvalue weighted by molar-refractivity contribution is 5.99. The first-order chi connectivity index (χ1) is 10.1. The van der Waals surface area contributed by atoms with Gasteiger partial charge in [-0.3, -0.25) is 9.59 Å². The fourth-order valence-corrected chi connectivity index (χ4v) is 1.91. The highest BCUT2D eigenvalue weighted by atomic mass is 16.2. The van der Waals surface area contributed by atoms with Gasteiger partial charge in [0.25, 0.3) is 5.91 Å². The van der Waals surface area contributed by atoms with Crippen LogP contribution in [0.1, 0.15) is 22.8 Å². The summed E-state index contributed by atoms with van der Waals surface area (Å²) in [5.41, 5.74) is 1.42. The number of nitrogens with one attached hydrogen (secondary N) is 2. The van der Waals surface area contributed by atoms with Gasteiger partial charge in [-0.15, -0.1) is 0 Å². The van der Waals surface area contributed by atoms with E-state index in [0.29, 0.717) is 17.9 Å². The van der Waals surface area contributed by atoms with Crippen molar-refractivity contribution in [3.8, 4) is 0 Å². The van der Waals surface area contributed by atoms with Gasteiger partial charge in [0.15, 0.2) is 0 Å². The number of aromatic nitrogens is 2. The molecule has 0 fully saturated rings. The fourth-order valence-electron chi connectivity index (χ4n) is 1.91. The van der Waals surface area contributed by atoms with Crippen molar-refractivity contribution in [3.63, 3.8) is 0 Å². The van der Waals surface area contributed by atoms with Crippen molar-refractivity contribution in [3.05, 3.63) is 47.7 Å². The Kier molecular flexibility index (Phi) is 4.71. The van der Waals surface area contributed by atoms with Crippen LogP contribution in [0, 0.1) is 6.92 Å². The van der Waals surface area contributed by atoms with Gasteiger partial charge in [-0.25, -0.2) is 4.68 Å². The van der Waals surface area contributed by atoms with E-state index < -0.39 is 0 Å². The van der Waals surface area contributed by atoms with Crippen molar-refractivity contribution < 1.29 is 9.59 Å². The van der Waals surface area contributed by atoms with E-state index in [-0.39, 0.29) is 18.4 Å². The Bertz CT molecular complexity index is 634. The second-order valence-corrected chi connectivity index (χ2v) is 4.59. The maximum atomic E-state index is 11.9. The lowest BCUT2D eigenvalue weighted by molar-refractivity contribution is -0.115. The van der Waals surface area contributed by atoms with E-state index >= 15 is 0 Å². The molecule has 0 aliphatic rings. The summed E-state index contributed by atoms with van der Waals surface area (Å²) in [6, 6.07) is 8.78. The molecule has 21 heavy (non-hydrogen) atoms. The number of anilines is 1. The van der Waals surface area contributed by atoms with Crippen LogP contribution in [0.2, 0.25) is 0 Å². The molecule has 0 atom stereocenters. The normalized spacial score (nSPS) is 10.2. The number of amides is 2. The average molecular weight is 286 g/mol. The number of carbonyl (C=O) groups is 2. The topological polar surface area (TPSA) is 76.0 Å². The molecule has 2 rings (SSSR count). The Balaban J connectivity index is 1.91. The van der Waals surface area contributed by atoms with E-state index in [0.717, 1.165) is 5.56 Å². The Morgan fingerprint density at radius 1 is 1.24 bits per heavy atom. The van der Waals surface area contributed by atoms with Crippen LogP contribution in [0.4, 0.5) is 5.82 Å². The monoisotopic (exact) mass is 286 g/mol. The van der Waals surface area contributed by atoms with Crippen LogP contribution < -0.4 is 10.6 Å². The third-order valence-corrected chi connectivity index (χ3v) is 3.03. The fraction of sp³-hybridized carbons (Fsp3) is 0.267. The molecule has 6 heteroatoms. The van der Waals surface area contributed by atoms with Crippen molar-refractivity contribution in [1.82, 2.24) is 15.1 Å². The molecule has 0 aliphatic heterocycles. The molecule has 0 radical (unpaired) electrons. The third kappa shape index (κ3) is 3.68. The van der Waals surface area contributed by atoms with Gasteiger partial charge in [-0.1, -0.05) is 18.2 Å². The van der Waals surface area contributed by atoms with Crippen LogP contribution in [0.25, 0.3) is 0 Å². The van der Waals surface area contributed by atoms with E-state index in [4.69, 9.17) is 0 Å². The minimum Gasteiger partial charge on any atom is -0.343 e. The van der Waals surface area contributed by atoms with Crippen molar-refractivity contribution in [2.45, 2.75) is 20.4 Å². The van der Waals surface area contributed by atoms with Crippen LogP contribution in [-0.4, -0.2) is 28.1 Å². The van der Waals surface area contributed by atoms with Gasteiger partial charge in [0.2, 0.25) is 5.91 Å². The van der Waals surface area contributed by atoms with Crippen LogP contribution in [0.15, 0.2) is 36.5 Å². The van der Waals surface area contributed by atoms with Crippen molar-refractivity contribution >= 4 is 17.6 Å². The quantitative estimate of drug-likeness (QED) is 0.876. The predicted molar refractivity (Wildman–Crippen MR) is 80.0 cm³/mol. The van der Waals surface area contributed by atoms with Gasteiger partial charge in [-0.2, -0.15) is 5.10 Å². The van der Waals surface area contributed by atoms with E-state index in [1.165, 1.54) is 0 Å². The molecule has 2 aromatic rings. The van der Waals surface area contributed by atoms with Crippen LogP contribution in [0.3, 0.4) is 0 Å². The van der Waals surface area contributed by atoms with Gasteiger partial charge in [-0.05, 0) is 26.0 Å². The zero-order chi connectivity index (χ0) is 15.2. The van der Waals surface area contributed by atoms with Gasteiger partial charge >= 0.3 is 0 Å². The first-order valence-corrected chi connectivity index (χ1v) is 6.77. The highest BCUT2D eigenvalue weighted by Crippen LogP contribution is 2.13. The summed E-state index contributed by atoms with van der Waals surface area (Å²) in [4.78, 5) is 23.7. The molecule has 0 unspecified atom stereocenters. The Morgan fingerprint density at radius 2 is 1.95 bits per heavy atom. The van der Waals surface area contributed by atoms with Gasteiger partial charge in [0.05, 0.1) is 12.7 Å². The molecule has 1 heterocycles. The molecule has 6 nitrogen and oxygen atoms in total. The number of benzene rings is 1. The second kappa shape index (κ2) is 6.69. The van der Waals surface area contributed by atoms with Crippen LogP contribution in [0.5, 0.6) is 0 Å². The number of hydrogen-bond donors (Lipinski definition) is 2. The van der Waals surface area contributed by atoms with E-state index in [1.54, 1.807) is 35.1 Å². The van der Waals surface area contributed by atoms with Gasteiger partial charge in [0, 0.05) is 17.7 Å². The minimum absolute atomic E-state index is 0.0813. The summed E-state index contributed by atoms with van der Waals surface area (Å²) in [5, 5.41) is 9.50. The largest absolute Gasteiger partial charge is 0.343 e. The molecule has 0 saturated heterocycles. The Labute approximate surface area is 123 Å². The zero-order valence-electron chi connectivity index (χ0n) is 12.1. The summed E-state index contributed by atoms with van der Waals surface area (Å²) in [6.45, 7) is 4.40. The van der Waals surface area contributed by atoms with Crippen LogP contribution in [-0.2, 0) is 11.3 Å². The Hall–Kier alpha value is -2.63. The maximum absolute atomic E-state index is 11.9. The second-order valence-electron chi connectivity index (χ2n) is 4.59. The standard InChI is InChI=1S/C15H18N4O2/c1-3-19-14(11(2)9-17-19)18-13(20)10-16-15(21)12-7-5-4-6-8-12/h4-9H,3,10H2,1-2H3,(H,16,21)(H,18,20). The lowest BCUT2D eigenvalue weighted by Crippen LogP contribution is -2.33. The zero-order valence-corrected chi connectivity index (χ0v) is 12.1. The average Bonchev–Trinajstić information content (AvgIpc) is 2.86. The smallest absolute Gasteiger partial charge is 0.251 e. The van der Waals surface area contributed by atoms with E-state index in [1.807, 2.05) is 19.9 Å². The molecule has 1 aromatic heterocycles. The van der Waals surface area contributed by atoms with E-state index in [9.17, 15) is 9.59 Å². The van der Waals surface area contributed by atoms with Crippen molar-refractivity contribution in [1.29, 1.82) is 0 Å². The van der Waals surface area contributed by atoms with Crippen molar-refractivity contribution in [2.75, 3.05) is 11.9 Å². The molecule has 1 aromatic carbocycles. The number of hydrogen-bond acceptors (Lipinski definition) is 3. The summed E-state index contributed by atoms with van der Waals surface area (Å²) in [5.74, 6) is 0.112. The summed E-state index contributed by atoms with van der Waals surface area (Å²) in [6.07, 6.45) is 1.70. The summed E-state index contributed by atoms with van der Waals surface area (Å²) < 4.78 is 1.70. The number of rotatable bonds is 5. The molecule has 0 aliphatic carbocycles. The molecule has 0 saturated carbocycles. The Morgan fingerprint density at radius 3 is 2.62 bits per heavy atom. The molecule has 2 N–H and O–H groups in total. The first kappa shape index (κ1) is 14.8. The highest BCUT2D eigenvalue weighted by Gasteiger charge is 2.11. The summed E-state index contributed by atoms with van der Waals surface area (Å²) >= 11 is 0. The number of carbonyl (C=O) groups excluding carboxylic acids is 2. The maximum Gasteiger partial charge on any atom is 0.251 e. The summed E-state index contributed by atoms with van der Waals surface area (Å²) in [7, 11) is 0. The predicted octanol–water partition coefficient (Wildman–Crippen LogP) is 1.58.